The van der Waals surface area contributed by atoms with Crippen LogP contribution in [0.15, 0.2) is 42.6 Å². The molecule has 1 fully saturated rings. The lowest BCUT2D eigenvalue weighted by molar-refractivity contribution is -0.159. The molecule has 1 aromatic heterocycles. The third kappa shape index (κ3) is 5.36. The Morgan fingerprint density at radius 2 is 2.07 bits per heavy atom. The zero-order valence-corrected chi connectivity index (χ0v) is 17.9. The average Bonchev–Trinajstić information content (AvgIpc) is 3.09. The van der Waals surface area contributed by atoms with E-state index in [-0.39, 0.29) is 5.97 Å². The molecule has 0 amide bonds. The standard InChI is InChI=1S/C24H33N3O2/c1-4-27-18-22(20(3)25-27)17-26-16-10-15-24(19-26,23(28)29-5-2)14-9-13-21-11-7-6-8-12-21/h6-9,11-13,18H,4-5,10,14-17,19H2,1-3H3. The molecule has 29 heavy (non-hydrogen) atoms. The molecule has 0 N–H and O–H groups in total. The number of hydrogen-bond donors (Lipinski definition) is 0. The van der Waals surface area contributed by atoms with Crippen LogP contribution in [0.25, 0.3) is 6.08 Å². The molecule has 1 aliphatic heterocycles. The summed E-state index contributed by atoms with van der Waals surface area (Å²) in [6.45, 7) is 9.89. The second-order valence-electron chi connectivity index (χ2n) is 7.93. The van der Waals surface area contributed by atoms with E-state index in [4.69, 9.17) is 4.74 Å². The van der Waals surface area contributed by atoms with Crippen molar-refractivity contribution in [1.29, 1.82) is 0 Å². The van der Waals surface area contributed by atoms with Gasteiger partial charge in [-0.15, -0.1) is 0 Å². The van der Waals surface area contributed by atoms with Crippen LogP contribution in [0.2, 0.25) is 0 Å². The molecule has 0 aliphatic carbocycles. The SMILES string of the molecule is CCOC(=O)C1(CC=Cc2ccccc2)CCCN(Cc2cn(CC)nc2C)C1. The number of ether oxygens (including phenoxy) is 1. The first-order chi connectivity index (χ1) is 14.1. The van der Waals surface area contributed by atoms with Gasteiger partial charge < -0.3 is 4.74 Å². The normalized spacial score (nSPS) is 20.2. The van der Waals surface area contributed by atoms with Crippen molar-refractivity contribution in [3.8, 4) is 0 Å². The third-order valence-corrected chi connectivity index (χ3v) is 5.75. The van der Waals surface area contributed by atoms with Gasteiger partial charge in [0.05, 0.1) is 17.7 Å². The molecule has 0 radical (unpaired) electrons. The minimum absolute atomic E-state index is 0.0663. The van der Waals surface area contributed by atoms with E-state index in [2.05, 4.69) is 54.3 Å². The Bertz CT molecular complexity index is 828. The van der Waals surface area contributed by atoms with Gasteiger partial charge in [0.2, 0.25) is 0 Å². The van der Waals surface area contributed by atoms with Gasteiger partial charge in [0.25, 0.3) is 0 Å². The number of rotatable bonds is 8. The van der Waals surface area contributed by atoms with Gasteiger partial charge in [0.1, 0.15) is 0 Å². The number of benzene rings is 1. The van der Waals surface area contributed by atoms with Crippen molar-refractivity contribution in [2.45, 2.75) is 53.1 Å². The molecular formula is C24H33N3O2. The largest absolute Gasteiger partial charge is 0.466 e. The van der Waals surface area contributed by atoms with Gasteiger partial charge in [-0.25, -0.2) is 0 Å². The third-order valence-electron chi connectivity index (χ3n) is 5.75. The van der Waals surface area contributed by atoms with E-state index in [0.717, 1.165) is 50.3 Å². The first kappa shape index (κ1) is 21.3. The van der Waals surface area contributed by atoms with Crippen LogP contribution in [-0.2, 0) is 22.6 Å². The van der Waals surface area contributed by atoms with Crippen LogP contribution in [0.5, 0.6) is 0 Å². The molecule has 1 saturated heterocycles. The Balaban J connectivity index is 1.75. The number of esters is 1. The molecule has 1 atom stereocenters. The number of piperidine rings is 1. The van der Waals surface area contributed by atoms with E-state index in [1.54, 1.807) is 0 Å². The molecule has 2 aromatic rings. The number of carbonyl (C=O) groups is 1. The number of carbonyl (C=O) groups excluding carboxylic acids is 1. The van der Waals surface area contributed by atoms with Crippen molar-refractivity contribution in [3.05, 3.63) is 59.4 Å². The van der Waals surface area contributed by atoms with Gasteiger partial charge >= 0.3 is 5.97 Å². The van der Waals surface area contributed by atoms with E-state index >= 15 is 0 Å². The van der Waals surface area contributed by atoms with Crippen molar-refractivity contribution in [1.82, 2.24) is 14.7 Å². The molecule has 1 aliphatic rings. The van der Waals surface area contributed by atoms with Crippen LogP contribution in [0.1, 0.15) is 49.9 Å². The molecule has 5 heteroatoms. The van der Waals surface area contributed by atoms with E-state index in [9.17, 15) is 4.79 Å². The molecule has 0 spiro atoms. The highest BCUT2D eigenvalue weighted by atomic mass is 16.5. The van der Waals surface area contributed by atoms with Crippen molar-refractivity contribution in [2.75, 3.05) is 19.7 Å². The Morgan fingerprint density at radius 1 is 1.28 bits per heavy atom. The summed E-state index contributed by atoms with van der Waals surface area (Å²) in [5, 5.41) is 4.57. The molecule has 0 bridgehead atoms. The fourth-order valence-electron chi connectivity index (χ4n) is 4.16. The highest BCUT2D eigenvalue weighted by Crippen LogP contribution is 2.36. The minimum Gasteiger partial charge on any atom is -0.466 e. The van der Waals surface area contributed by atoms with Crippen LogP contribution in [0.3, 0.4) is 0 Å². The summed E-state index contributed by atoms with van der Waals surface area (Å²) < 4.78 is 7.50. The Kier molecular flexibility index (Phi) is 7.26. The molecular weight excluding hydrogens is 362 g/mol. The fraction of sp³-hybridized carbons (Fsp3) is 0.500. The van der Waals surface area contributed by atoms with Crippen molar-refractivity contribution in [3.63, 3.8) is 0 Å². The molecule has 5 nitrogen and oxygen atoms in total. The zero-order valence-electron chi connectivity index (χ0n) is 17.9. The summed E-state index contributed by atoms with van der Waals surface area (Å²) >= 11 is 0. The maximum atomic E-state index is 13.0. The minimum atomic E-state index is -0.478. The van der Waals surface area contributed by atoms with Gasteiger partial charge in [-0.05, 0) is 52.1 Å². The highest BCUT2D eigenvalue weighted by molar-refractivity contribution is 5.77. The molecule has 2 heterocycles. The van der Waals surface area contributed by atoms with Crippen LogP contribution >= 0.6 is 0 Å². The second kappa shape index (κ2) is 9.88. The quantitative estimate of drug-likeness (QED) is 0.619. The maximum Gasteiger partial charge on any atom is 0.313 e. The predicted octanol–water partition coefficient (Wildman–Crippen LogP) is 4.46. The van der Waals surface area contributed by atoms with Gasteiger partial charge in [-0.3, -0.25) is 14.4 Å². The lowest BCUT2D eigenvalue weighted by atomic mass is 9.76. The van der Waals surface area contributed by atoms with Crippen molar-refractivity contribution < 1.29 is 9.53 Å². The van der Waals surface area contributed by atoms with E-state index in [1.165, 1.54) is 5.56 Å². The van der Waals surface area contributed by atoms with Crippen LogP contribution < -0.4 is 0 Å². The van der Waals surface area contributed by atoms with Gasteiger partial charge in [-0.2, -0.15) is 5.10 Å². The number of allylic oxidation sites excluding steroid dienone is 1. The van der Waals surface area contributed by atoms with E-state index in [1.807, 2.05) is 29.8 Å². The number of hydrogen-bond acceptors (Lipinski definition) is 4. The maximum absolute atomic E-state index is 13.0. The van der Waals surface area contributed by atoms with Gasteiger partial charge in [0.15, 0.2) is 0 Å². The predicted molar refractivity (Wildman–Crippen MR) is 116 cm³/mol. The summed E-state index contributed by atoms with van der Waals surface area (Å²) in [5.41, 5.74) is 2.99. The highest BCUT2D eigenvalue weighted by Gasteiger charge is 2.42. The summed E-state index contributed by atoms with van der Waals surface area (Å²) in [6.07, 6.45) is 8.94. The molecule has 0 saturated carbocycles. The zero-order chi connectivity index (χ0) is 20.7. The van der Waals surface area contributed by atoms with Gasteiger partial charge in [0, 0.05) is 31.4 Å². The smallest absolute Gasteiger partial charge is 0.313 e. The second-order valence-corrected chi connectivity index (χ2v) is 7.93. The Morgan fingerprint density at radius 3 is 2.76 bits per heavy atom. The van der Waals surface area contributed by atoms with Crippen LogP contribution in [-0.4, -0.2) is 40.3 Å². The average molecular weight is 396 g/mol. The molecule has 1 unspecified atom stereocenters. The van der Waals surface area contributed by atoms with Crippen molar-refractivity contribution in [2.24, 2.45) is 5.41 Å². The van der Waals surface area contributed by atoms with E-state index in [0.29, 0.717) is 13.0 Å². The number of likely N-dealkylation sites (tertiary alicyclic amines) is 1. The number of nitrogens with zero attached hydrogens (tertiary/aromatic N) is 3. The monoisotopic (exact) mass is 395 g/mol. The Labute approximate surface area is 174 Å². The topological polar surface area (TPSA) is 47.4 Å². The van der Waals surface area contributed by atoms with Crippen LogP contribution in [0, 0.1) is 12.3 Å². The van der Waals surface area contributed by atoms with Gasteiger partial charge in [-0.1, -0.05) is 42.5 Å². The summed E-state index contributed by atoms with van der Waals surface area (Å²) in [7, 11) is 0. The van der Waals surface area contributed by atoms with Crippen LogP contribution in [0.4, 0.5) is 0 Å². The van der Waals surface area contributed by atoms with Crippen molar-refractivity contribution >= 4 is 12.0 Å². The summed E-state index contributed by atoms with van der Waals surface area (Å²) in [4.78, 5) is 15.4. The summed E-state index contributed by atoms with van der Waals surface area (Å²) in [6, 6.07) is 10.2. The fourth-order valence-corrected chi connectivity index (χ4v) is 4.16. The Hall–Kier alpha value is -2.40. The number of aryl methyl sites for hydroxylation is 2. The molecule has 3 rings (SSSR count). The molecule has 1 aromatic carbocycles. The lowest BCUT2D eigenvalue weighted by Gasteiger charge is -2.40. The first-order valence-electron chi connectivity index (χ1n) is 10.7. The number of aromatic nitrogens is 2. The lowest BCUT2D eigenvalue weighted by Crippen LogP contribution is -2.48. The first-order valence-corrected chi connectivity index (χ1v) is 10.7. The molecule has 156 valence electrons. The van der Waals surface area contributed by atoms with E-state index < -0.39 is 5.41 Å². The summed E-state index contributed by atoms with van der Waals surface area (Å²) in [5.74, 6) is -0.0663.